The van der Waals surface area contributed by atoms with Crippen LogP contribution in [-0.2, 0) is 0 Å². The Morgan fingerprint density at radius 1 is 1.35 bits per heavy atom. The zero-order chi connectivity index (χ0) is 11.8. The van der Waals surface area contributed by atoms with Gasteiger partial charge in [-0.1, -0.05) is 52.9 Å². The number of nitrogens with zero attached hydrogens (tertiary/aromatic N) is 3. The number of halogens is 1. The van der Waals surface area contributed by atoms with E-state index in [9.17, 15) is 0 Å². The molecule has 1 aromatic carbocycles. The van der Waals surface area contributed by atoms with Gasteiger partial charge in [-0.3, -0.25) is 0 Å². The molecule has 3 nitrogen and oxygen atoms in total. The topological polar surface area (TPSA) is 30.2 Å². The van der Waals surface area contributed by atoms with E-state index in [1.54, 1.807) is 27.6 Å². The van der Waals surface area contributed by atoms with Gasteiger partial charge in [0.05, 0.1) is 16.9 Å². The van der Waals surface area contributed by atoms with Gasteiger partial charge >= 0.3 is 0 Å². The maximum Gasteiger partial charge on any atom is 0.213 e. The third-order valence-corrected chi connectivity index (χ3v) is 4.58. The molecule has 0 atom stereocenters. The number of rotatable bonds is 2. The molecule has 0 fully saturated rings. The number of benzene rings is 1. The molecular weight excluding hydrogens is 274 g/mol. The number of imidazole rings is 1. The molecule has 0 aliphatic carbocycles. The van der Waals surface area contributed by atoms with Crippen molar-refractivity contribution in [3.63, 3.8) is 0 Å². The normalized spacial score (nSPS) is 11.2. The third kappa shape index (κ3) is 1.94. The minimum absolute atomic E-state index is 0.711. The molecule has 6 heteroatoms. The minimum Gasteiger partial charge on any atom is -0.217 e. The average Bonchev–Trinajstić information content (AvgIpc) is 2.86. The quantitative estimate of drug-likeness (QED) is 0.669. The number of thioether (sulfide) groups is 1. The summed E-state index contributed by atoms with van der Waals surface area (Å²) in [5, 5.41) is 5.11. The summed E-state index contributed by atoms with van der Waals surface area (Å²) < 4.78 is 2.81. The SMILES string of the molecule is CSc1nn2cc(-c3ccccc3Cl)nc2s1. The molecule has 0 bridgehead atoms. The maximum absolute atomic E-state index is 6.14. The van der Waals surface area contributed by atoms with Crippen molar-refractivity contribution in [2.45, 2.75) is 4.34 Å². The molecule has 3 rings (SSSR count). The van der Waals surface area contributed by atoms with E-state index in [0.29, 0.717) is 5.02 Å². The van der Waals surface area contributed by atoms with E-state index in [1.807, 2.05) is 36.7 Å². The fraction of sp³-hybridized carbons (Fsp3) is 0.0909. The van der Waals surface area contributed by atoms with Crippen molar-refractivity contribution in [2.75, 3.05) is 6.26 Å². The Balaban J connectivity index is 2.13. The van der Waals surface area contributed by atoms with Crippen LogP contribution in [0.1, 0.15) is 0 Å². The zero-order valence-electron chi connectivity index (χ0n) is 8.92. The van der Waals surface area contributed by atoms with Gasteiger partial charge in [-0.25, -0.2) is 9.50 Å². The van der Waals surface area contributed by atoms with Crippen LogP contribution in [0.5, 0.6) is 0 Å². The lowest BCUT2D eigenvalue weighted by Crippen LogP contribution is -1.80. The predicted octanol–water partition coefficient (Wildman–Crippen LogP) is 3.83. The summed E-state index contributed by atoms with van der Waals surface area (Å²) in [5.74, 6) is 0. The second-order valence-corrected chi connectivity index (χ2v) is 5.82. The summed E-state index contributed by atoms with van der Waals surface area (Å²) in [6.45, 7) is 0. The van der Waals surface area contributed by atoms with Crippen LogP contribution in [0.4, 0.5) is 0 Å². The van der Waals surface area contributed by atoms with Crippen molar-refractivity contribution in [1.29, 1.82) is 0 Å². The molecule has 0 aliphatic heterocycles. The van der Waals surface area contributed by atoms with Crippen molar-refractivity contribution in [1.82, 2.24) is 14.6 Å². The van der Waals surface area contributed by atoms with Crippen molar-refractivity contribution in [3.05, 3.63) is 35.5 Å². The fourth-order valence-electron chi connectivity index (χ4n) is 1.56. The number of fused-ring (bicyclic) bond motifs is 1. The van der Waals surface area contributed by atoms with Crippen LogP contribution in [-0.4, -0.2) is 20.9 Å². The first-order chi connectivity index (χ1) is 8.28. The second kappa shape index (κ2) is 4.33. The molecule has 0 saturated carbocycles. The molecule has 0 unspecified atom stereocenters. The number of aromatic nitrogens is 3. The maximum atomic E-state index is 6.14. The van der Waals surface area contributed by atoms with Crippen molar-refractivity contribution >= 4 is 39.7 Å². The monoisotopic (exact) mass is 281 g/mol. The molecule has 86 valence electrons. The lowest BCUT2D eigenvalue weighted by atomic mass is 10.2. The summed E-state index contributed by atoms with van der Waals surface area (Å²) >= 11 is 9.35. The average molecular weight is 282 g/mol. The number of hydrogen-bond acceptors (Lipinski definition) is 4. The molecule has 0 spiro atoms. The Morgan fingerprint density at radius 3 is 2.88 bits per heavy atom. The van der Waals surface area contributed by atoms with Gasteiger partial charge in [-0.2, -0.15) is 0 Å². The van der Waals surface area contributed by atoms with E-state index < -0.39 is 0 Å². The smallest absolute Gasteiger partial charge is 0.213 e. The molecule has 2 heterocycles. The highest BCUT2D eigenvalue weighted by atomic mass is 35.5. The zero-order valence-corrected chi connectivity index (χ0v) is 11.3. The fourth-order valence-corrected chi connectivity index (χ4v) is 3.14. The van der Waals surface area contributed by atoms with E-state index in [-0.39, 0.29) is 0 Å². The van der Waals surface area contributed by atoms with Crippen LogP contribution >= 0.6 is 34.7 Å². The predicted molar refractivity (Wildman–Crippen MR) is 73.1 cm³/mol. The minimum atomic E-state index is 0.711. The Morgan fingerprint density at radius 2 is 2.18 bits per heavy atom. The summed E-state index contributed by atoms with van der Waals surface area (Å²) in [6.07, 6.45) is 3.92. The van der Waals surface area contributed by atoms with E-state index in [1.165, 1.54) is 0 Å². The van der Waals surface area contributed by atoms with Gasteiger partial charge in [0.15, 0.2) is 4.34 Å². The van der Waals surface area contributed by atoms with E-state index in [4.69, 9.17) is 11.6 Å². The lowest BCUT2D eigenvalue weighted by molar-refractivity contribution is 0.916. The third-order valence-electron chi connectivity index (χ3n) is 2.35. The van der Waals surface area contributed by atoms with E-state index in [0.717, 1.165) is 20.6 Å². The van der Waals surface area contributed by atoms with Gasteiger partial charge in [0.1, 0.15) is 0 Å². The Hall–Kier alpha value is -1.04. The molecule has 0 aliphatic rings. The van der Waals surface area contributed by atoms with E-state index >= 15 is 0 Å². The van der Waals surface area contributed by atoms with Crippen molar-refractivity contribution < 1.29 is 0 Å². The van der Waals surface area contributed by atoms with Crippen LogP contribution in [0.15, 0.2) is 34.8 Å². The highest BCUT2D eigenvalue weighted by Gasteiger charge is 2.10. The first-order valence-corrected chi connectivity index (χ1v) is 7.35. The Kier molecular flexibility index (Phi) is 2.82. The van der Waals surface area contributed by atoms with Crippen LogP contribution in [0.25, 0.3) is 16.2 Å². The summed E-state index contributed by atoms with van der Waals surface area (Å²) in [7, 11) is 0. The molecule has 0 saturated heterocycles. The van der Waals surface area contributed by atoms with Crippen molar-refractivity contribution in [2.24, 2.45) is 0 Å². The van der Waals surface area contributed by atoms with E-state index in [2.05, 4.69) is 10.1 Å². The Labute approximate surface area is 111 Å². The largest absolute Gasteiger partial charge is 0.217 e. The summed E-state index contributed by atoms with van der Waals surface area (Å²) in [6, 6.07) is 7.69. The molecule has 0 N–H and O–H groups in total. The first kappa shape index (κ1) is 11.1. The van der Waals surface area contributed by atoms with Crippen LogP contribution in [0, 0.1) is 0 Å². The highest BCUT2D eigenvalue weighted by molar-refractivity contribution is 8.00. The first-order valence-electron chi connectivity index (χ1n) is 4.93. The standard InChI is InChI=1S/C11H8ClN3S2/c1-16-11-14-15-6-9(13-10(15)17-11)7-4-2-3-5-8(7)12/h2-6H,1H3. The van der Waals surface area contributed by atoms with Crippen LogP contribution in [0.2, 0.25) is 5.02 Å². The van der Waals surface area contributed by atoms with Gasteiger partial charge in [-0.15, -0.1) is 5.10 Å². The summed E-state index contributed by atoms with van der Waals surface area (Å²) in [4.78, 5) is 5.43. The molecule has 0 radical (unpaired) electrons. The highest BCUT2D eigenvalue weighted by Crippen LogP contribution is 2.29. The Bertz CT molecular complexity index is 643. The van der Waals surface area contributed by atoms with Gasteiger partial charge in [0.2, 0.25) is 4.96 Å². The molecular formula is C11H8ClN3S2. The van der Waals surface area contributed by atoms with Gasteiger partial charge in [0.25, 0.3) is 0 Å². The molecule has 0 amide bonds. The molecule has 17 heavy (non-hydrogen) atoms. The molecule has 2 aromatic heterocycles. The van der Waals surface area contributed by atoms with Gasteiger partial charge < -0.3 is 0 Å². The van der Waals surface area contributed by atoms with Crippen molar-refractivity contribution in [3.8, 4) is 11.3 Å². The van der Waals surface area contributed by atoms with Gasteiger partial charge in [0, 0.05) is 5.56 Å². The second-order valence-electron chi connectivity index (χ2n) is 3.41. The van der Waals surface area contributed by atoms with Gasteiger partial charge in [-0.05, 0) is 12.3 Å². The van der Waals surface area contributed by atoms with Crippen LogP contribution in [0.3, 0.4) is 0 Å². The summed E-state index contributed by atoms with van der Waals surface area (Å²) in [5.41, 5.74) is 1.81. The molecule has 3 aromatic rings. The lowest BCUT2D eigenvalue weighted by Gasteiger charge is -1.97. The van der Waals surface area contributed by atoms with Crippen LogP contribution < -0.4 is 0 Å². The number of hydrogen-bond donors (Lipinski definition) is 0.